The van der Waals surface area contributed by atoms with Gasteiger partial charge in [0.1, 0.15) is 11.2 Å². The Morgan fingerprint density at radius 1 is 0.311 bits per heavy atom. The molecule has 0 atom stereocenters. The molecule has 1 aromatic heterocycles. The largest absolute Gasteiger partial charge is 0.456 e. The van der Waals surface area contributed by atoms with Crippen LogP contribution >= 0.6 is 0 Å². The Morgan fingerprint density at radius 2 is 0.889 bits per heavy atom. The first-order valence-corrected chi connectivity index (χ1v) is 15.5. The van der Waals surface area contributed by atoms with Gasteiger partial charge in [0.15, 0.2) is 0 Å². The second-order valence-electron chi connectivity index (χ2n) is 12.0. The van der Waals surface area contributed by atoms with E-state index in [4.69, 9.17) is 4.42 Å². The summed E-state index contributed by atoms with van der Waals surface area (Å²) in [6, 6.07) is 57.4. The van der Waals surface area contributed by atoms with Crippen LogP contribution in [0.15, 0.2) is 162 Å². The average Bonchev–Trinajstić information content (AvgIpc) is 3.50. The Bertz CT molecular complexity index is 2690. The van der Waals surface area contributed by atoms with Gasteiger partial charge in [0.05, 0.1) is 0 Å². The first kappa shape index (κ1) is 24.5. The molecule has 0 aliphatic rings. The van der Waals surface area contributed by atoms with Crippen LogP contribution in [0.25, 0.3) is 98.4 Å². The van der Waals surface area contributed by atoms with Crippen molar-refractivity contribution in [2.45, 2.75) is 0 Å². The van der Waals surface area contributed by atoms with Gasteiger partial charge < -0.3 is 4.42 Å². The van der Waals surface area contributed by atoms with Crippen LogP contribution in [-0.4, -0.2) is 0 Å². The summed E-state index contributed by atoms with van der Waals surface area (Å²) in [4.78, 5) is 0. The van der Waals surface area contributed by atoms with Crippen LogP contribution in [0, 0.1) is 0 Å². The molecule has 208 valence electrons. The van der Waals surface area contributed by atoms with Crippen molar-refractivity contribution in [3.05, 3.63) is 158 Å². The van der Waals surface area contributed by atoms with Crippen LogP contribution in [-0.2, 0) is 0 Å². The molecule has 0 N–H and O–H groups in total. The number of hydrogen-bond acceptors (Lipinski definition) is 1. The predicted molar refractivity (Wildman–Crippen MR) is 191 cm³/mol. The molecule has 0 bridgehead atoms. The molecule has 0 amide bonds. The van der Waals surface area contributed by atoms with Gasteiger partial charge in [0.2, 0.25) is 0 Å². The monoisotopic (exact) mass is 570 g/mol. The Balaban J connectivity index is 1.32. The molecule has 0 fully saturated rings. The molecular formula is C44H26O. The lowest BCUT2D eigenvalue weighted by atomic mass is 9.83. The normalized spacial score (nSPS) is 12.0. The minimum absolute atomic E-state index is 0.941. The first-order valence-electron chi connectivity index (χ1n) is 15.5. The molecule has 10 rings (SSSR count). The second-order valence-corrected chi connectivity index (χ2v) is 12.0. The van der Waals surface area contributed by atoms with Crippen LogP contribution in [0.4, 0.5) is 0 Å². The van der Waals surface area contributed by atoms with Crippen molar-refractivity contribution in [2.24, 2.45) is 0 Å². The fourth-order valence-corrected chi connectivity index (χ4v) is 7.70. The second kappa shape index (κ2) is 9.29. The highest BCUT2D eigenvalue weighted by atomic mass is 16.3. The van der Waals surface area contributed by atoms with Crippen LogP contribution in [0.1, 0.15) is 0 Å². The van der Waals surface area contributed by atoms with E-state index in [-0.39, 0.29) is 0 Å². The Labute approximate surface area is 259 Å². The van der Waals surface area contributed by atoms with Crippen molar-refractivity contribution in [1.29, 1.82) is 0 Å². The van der Waals surface area contributed by atoms with Gasteiger partial charge in [-0.15, -0.1) is 0 Å². The Kier molecular flexibility index (Phi) is 5.06. The molecule has 0 saturated heterocycles. The molecular weight excluding hydrogens is 544 g/mol. The zero-order chi connectivity index (χ0) is 29.5. The average molecular weight is 571 g/mol. The Morgan fingerprint density at radius 3 is 1.62 bits per heavy atom. The SMILES string of the molecule is c1ccc(-c2ccc3c(-c4c5ccccc5c(-c5cc6cccc7oc8cccc5c8c67)c5ccccc45)cccc3c2)cc1. The van der Waals surface area contributed by atoms with E-state index in [0.29, 0.717) is 0 Å². The highest BCUT2D eigenvalue weighted by Gasteiger charge is 2.22. The van der Waals surface area contributed by atoms with Gasteiger partial charge in [-0.3, -0.25) is 0 Å². The molecule has 0 aliphatic heterocycles. The number of fused-ring (bicyclic) bond motifs is 3. The predicted octanol–water partition coefficient (Wildman–Crippen LogP) is 12.6. The zero-order valence-corrected chi connectivity index (χ0v) is 24.4. The van der Waals surface area contributed by atoms with Gasteiger partial charge in [-0.05, 0) is 101 Å². The van der Waals surface area contributed by atoms with E-state index in [1.165, 1.54) is 87.2 Å². The van der Waals surface area contributed by atoms with E-state index in [1.54, 1.807) is 0 Å². The lowest BCUT2D eigenvalue weighted by molar-refractivity contribution is 0.669. The smallest absolute Gasteiger partial charge is 0.136 e. The topological polar surface area (TPSA) is 13.1 Å². The highest BCUT2D eigenvalue weighted by Crippen LogP contribution is 2.49. The van der Waals surface area contributed by atoms with Crippen molar-refractivity contribution in [3.8, 4) is 33.4 Å². The molecule has 45 heavy (non-hydrogen) atoms. The summed E-state index contributed by atoms with van der Waals surface area (Å²) in [7, 11) is 0. The maximum atomic E-state index is 6.33. The van der Waals surface area contributed by atoms with Crippen molar-refractivity contribution >= 4 is 65.0 Å². The first-order chi connectivity index (χ1) is 22.3. The van der Waals surface area contributed by atoms with Crippen molar-refractivity contribution in [3.63, 3.8) is 0 Å². The van der Waals surface area contributed by atoms with Gasteiger partial charge >= 0.3 is 0 Å². The summed E-state index contributed by atoms with van der Waals surface area (Å²) in [5.41, 5.74) is 9.41. The molecule has 10 aromatic rings. The summed E-state index contributed by atoms with van der Waals surface area (Å²) >= 11 is 0. The third kappa shape index (κ3) is 3.50. The van der Waals surface area contributed by atoms with Crippen LogP contribution < -0.4 is 0 Å². The number of hydrogen-bond donors (Lipinski definition) is 0. The molecule has 0 spiro atoms. The van der Waals surface area contributed by atoms with E-state index >= 15 is 0 Å². The van der Waals surface area contributed by atoms with Gasteiger partial charge in [0.25, 0.3) is 0 Å². The standard InChI is InChI=1S/C44H26O/c1-2-11-27(12-3-1)28-23-24-31-29(25-28)13-8-19-32(31)42-33-15-4-6-17-35(33)43(36-18-7-5-16-34(36)42)38-26-30-14-9-21-39-41(30)44-37(38)20-10-22-40(44)45-39/h1-26H. The molecule has 0 saturated carbocycles. The van der Waals surface area contributed by atoms with Gasteiger partial charge in [-0.1, -0.05) is 133 Å². The molecule has 9 aromatic carbocycles. The Hall–Kier alpha value is -5.92. The highest BCUT2D eigenvalue weighted by molar-refractivity contribution is 6.30. The molecule has 1 nitrogen and oxygen atoms in total. The van der Waals surface area contributed by atoms with Crippen molar-refractivity contribution in [2.75, 3.05) is 0 Å². The lowest BCUT2D eigenvalue weighted by Gasteiger charge is -2.20. The van der Waals surface area contributed by atoms with Crippen molar-refractivity contribution in [1.82, 2.24) is 0 Å². The quantitative estimate of drug-likeness (QED) is 0.152. The van der Waals surface area contributed by atoms with E-state index in [1.807, 2.05) is 0 Å². The summed E-state index contributed by atoms with van der Waals surface area (Å²) in [5.74, 6) is 0. The number of rotatable bonds is 3. The van der Waals surface area contributed by atoms with E-state index in [0.717, 1.165) is 11.2 Å². The summed E-state index contributed by atoms with van der Waals surface area (Å²) < 4.78 is 6.33. The number of furan rings is 1. The van der Waals surface area contributed by atoms with Gasteiger partial charge in [-0.25, -0.2) is 0 Å². The fraction of sp³-hybridized carbons (Fsp3) is 0. The third-order valence-electron chi connectivity index (χ3n) is 9.60. The molecule has 1 heterocycles. The molecule has 0 unspecified atom stereocenters. The number of benzene rings is 9. The minimum atomic E-state index is 0.941. The van der Waals surface area contributed by atoms with Crippen LogP contribution in [0.3, 0.4) is 0 Å². The van der Waals surface area contributed by atoms with Crippen molar-refractivity contribution < 1.29 is 4.42 Å². The maximum absolute atomic E-state index is 6.33. The van der Waals surface area contributed by atoms with Gasteiger partial charge in [0, 0.05) is 10.8 Å². The summed E-state index contributed by atoms with van der Waals surface area (Å²) in [6.07, 6.45) is 0. The minimum Gasteiger partial charge on any atom is -0.456 e. The van der Waals surface area contributed by atoms with E-state index in [2.05, 4.69) is 158 Å². The fourth-order valence-electron chi connectivity index (χ4n) is 7.70. The summed E-state index contributed by atoms with van der Waals surface area (Å²) in [6.45, 7) is 0. The van der Waals surface area contributed by atoms with Gasteiger partial charge in [-0.2, -0.15) is 0 Å². The van der Waals surface area contributed by atoms with E-state index in [9.17, 15) is 0 Å². The van der Waals surface area contributed by atoms with Crippen LogP contribution in [0.5, 0.6) is 0 Å². The van der Waals surface area contributed by atoms with E-state index < -0.39 is 0 Å². The molecule has 1 heteroatoms. The molecule has 0 aliphatic carbocycles. The summed E-state index contributed by atoms with van der Waals surface area (Å²) in [5, 5.41) is 12.4. The third-order valence-corrected chi connectivity index (χ3v) is 9.60. The van der Waals surface area contributed by atoms with Crippen LogP contribution in [0.2, 0.25) is 0 Å². The maximum Gasteiger partial charge on any atom is 0.136 e. The molecule has 0 radical (unpaired) electrons. The lowest BCUT2D eigenvalue weighted by Crippen LogP contribution is -1.93. The zero-order valence-electron chi connectivity index (χ0n) is 24.4.